The normalized spacial score (nSPS) is 15.3. The van der Waals surface area contributed by atoms with E-state index >= 15 is 0 Å². The van der Waals surface area contributed by atoms with Gasteiger partial charge in [-0.3, -0.25) is 4.79 Å². The van der Waals surface area contributed by atoms with Gasteiger partial charge < -0.3 is 21.3 Å². The van der Waals surface area contributed by atoms with E-state index in [4.69, 9.17) is 0 Å². The Morgan fingerprint density at radius 1 is 0.800 bits per heavy atom. The van der Waals surface area contributed by atoms with Gasteiger partial charge >= 0.3 is 6.03 Å². The second kappa shape index (κ2) is 10.7. The summed E-state index contributed by atoms with van der Waals surface area (Å²) in [5.74, 6) is -0.292. The lowest BCUT2D eigenvalue weighted by Crippen LogP contribution is -2.48. The zero-order chi connectivity index (χ0) is 21.3. The topological polar surface area (TPSA) is 82.3 Å². The van der Waals surface area contributed by atoms with Gasteiger partial charge in [0.2, 0.25) is 5.91 Å². The highest BCUT2D eigenvalue weighted by molar-refractivity contribution is 5.99. The van der Waals surface area contributed by atoms with Crippen molar-refractivity contribution in [3.63, 3.8) is 0 Å². The smallest absolute Gasteiger partial charge is 0.319 e. The van der Waals surface area contributed by atoms with E-state index in [1.807, 2.05) is 56.3 Å². The van der Waals surface area contributed by atoms with E-state index in [1.165, 1.54) is 32.1 Å². The minimum absolute atomic E-state index is 0.0567. The average Bonchev–Trinajstić information content (AvgIpc) is 2.74. The third-order valence-electron chi connectivity index (χ3n) is 5.40. The monoisotopic (exact) mass is 408 g/mol. The lowest BCUT2D eigenvalue weighted by molar-refractivity contribution is -0.118. The predicted molar refractivity (Wildman–Crippen MR) is 123 cm³/mol. The molecule has 1 aliphatic carbocycles. The molecule has 2 aromatic carbocycles. The van der Waals surface area contributed by atoms with Gasteiger partial charge in [0.25, 0.3) is 0 Å². The van der Waals surface area contributed by atoms with Crippen molar-refractivity contribution in [2.75, 3.05) is 16.0 Å². The Balaban J connectivity index is 1.54. The molecule has 6 heteroatoms. The van der Waals surface area contributed by atoms with Crippen LogP contribution in [0.1, 0.15) is 46.0 Å². The molecule has 30 heavy (non-hydrogen) atoms. The molecule has 3 amide bonds. The number of rotatable bonds is 7. The first-order valence-corrected chi connectivity index (χ1v) is 10.8. The van der Waals surface area contributed by atoms with Crippen LogP contribution in [0.25, 0.3) is 0 Å². The highest BCUT2D eigenvalue weighted by Crippen LogP contribution is 2.22. The summed E-state index contributed by atoms with van der Waals surface area (Å²) in [6.45, 7) is 3.81. The largest absolute Gasteiger partial charge is 0.382 e. The summed E-state index contributed by atoms with van der Waals surface area (Å²) in [6, 6.07) is 16.4. The van der Waals surface area contributed by atoms with Gasteiger partial charge in [0.15, 0.2) is 0 Å². The van der Waals surface area contributed by atoms with Crippen LogP contribution in [0.15, 0.2) is 54.6 Å². The molecule has 0 saturated heterocycles. The first-order valence-electron chi connectivity index (χ1n) is 10.8. The lowest BCUT2D eigenvalue weighted by atomic mass is 9.95. The van der Waals surface area contributed by atoms with E-state index in [0.29, 0.717) is 17.4 Å². The highest BCUT2D eigenvalue weighted by atomic mass is 16.2. The van der Waals surface area contributed by atoms with Gasteiger partial charge in [-0.15, -0.1) is 0 Å². The summed E-state index contributed by atoms with van der Waals surface area (Å²) < 4.78 is 0. The van der Waals surface area contributed by atoms with Crippen molar-refractivity contribution < 1.29 is 9.59 Å². The Hall–Kier alpha value is -3.02. The summed E-state index contributed by atoms with van der Waals surface area (Å²) in [7, 11) is 0. The first kappa shape index (κ1) is 21.7. The Morgan fingerprint density at radius 2 is 1.40 bits per heavy atom. The molecule has 0 aromatic heterocycles. The van der Waals surface area contributed by atoms with Crippen LogP contribution >= 0.6 is 0 Å². The maximum Gasteiger partial charge on any atom is 0.319 e. The van der Waals surface area contributed by atoms with Gasteiger partial charge in [0.05, 0.1) is 0 Å². The molecule has 0 aliphatic heterocycles. The molecule has 3 rings (SSSR count). The van der Waals surface area contributed by atoms with Crippen LogP contribution in [0, 0.1) is 5.92 Å². The van der Waals surface area contributed by atoms with E-state index < -0.39 is 12.1 Å². The number of carbonyl (C=O) groups is 2. The van der Waals surface area contributed by atoms with E-state index in [9.17, 15) is 9.59 Å². The number of urea groups is 1. The number of nitrogens with one attached hydrogen (secondary N) is 4. The number of anilines is 3. The fraction of sp³-hybridized carbons (Fsp3) is 0.417. The molecule has 160 valence electrons. The predicted octanol–water partition coefficient (Wildman–Crippen LogP) is 5.22. The molecule has 4 N–H and O–H groups in total. The molecule has 0 radical (unpaired) electrons. The van der Waals surface area contributed by atoms with Crippen molar-refractivity contribution in [1.82, 2.24) is 5.32 Å². The Labute approximate surface area is 178 Å². The molecular formula is C24H32N4O2. The molecule has 6 nitrogen and oxygen atoms in total. The highest BCUT2D eigenvalue weighted by Gasteiger charge is 2.24. The van der Waals surface area contributed by atoms with Gasteiger partial charge in [-0.2, -0.15) is 0 Å². The summed E-state index contributed by atoms with van der Waals surface area (Å²) in [6.07, 6.45) is 6.33. The molecule has 1 fully saturated rings. The van der Waals surface area contributed by atoms with Gasteiger partial charge in [-0.1, -0.05) is 51.3 Å². The minimum Gasteiger partial charge on any atom is -0.382 e. The maximum absolute atomic E-state index is 12.8. The number of para-hydroxylation sites is 1. The fourth-order valence-corrected chi connectivity index (χ4v) is 3.72. The zero-order valence-corrected chi connectivity index (χ0v) is 17.8. The van der Waals surface area contributed by atoms with Crippen LogP contribution < -0.4 is 21.3 Å². The van der Waals surface area contributed by atoms with E-state index in [1.54, 1.807) is 12.1 Å². The second-order valence-corrected chi connectivity index (χ2v) is 8.23. The van der Waals surface area contributed by atoms with E-state index in [2.05, 4.69) is 21.3 Å². The third kappa shape index (κ3) is 6.51. The van der Waals surface area contributed by atoms with Crippen molar-refractivity contribution in [3.8, 4) is 0 Å². The van der Waals surface area contributed by atoms with Gasteiger partial charge in [0.1, 0.15) is 6.04 Å². The van der Waals surface area contributed by atoms with Crippen molar-refractivity contribution in [3.05, 3.63) is 54.6 Å². The SMILES string of the molecule is CC(C)C(NC(=O)Nc1ccccc1)C(=O)Nc1ccc(NC2CCCCC2)cc1. The molecule has 1 atom stereocenters. The van der Waals surface area contributed by atoms with Crippen LogP contribution in [0.2, 0.25) is 0 Å². The number of hydrogen-bond acceptors (Lipinski definition) is 3. The van der Waals surface area contributed by atoms with Gasteiger partial charge in [0, 0.05) is 23.1 Å². The van der Waals surface area contributed by atoms with Crippen molar-refractivity contribution in [2.24, 2.45) is 5.92 Å². The minimum atomic E-state index is -0.645. The average molecular weight is 409 g/mol. The number of carbonyl (C=O) groups excluding carboxylic acids is 2. The Bertz CT molecular complexity index is 815. The Morgan fingerprint density at radius 3 is 2.03 bits per heavy atom. The van der Waals surface area contributed by atoms with E-state index in [0.717, 1.165) is 5.69 Å². The van der Waals surface area contributed by atoms with Crippen molar-refractivity contribution >= 4 is 29.0 Å². The van der Waals surface area contributed by atoms with Gasteiger partial charge in [-0.05, 0) is 55.2 Å². The second-order valence-electron chi connectivity index (χ2n) is 8.23. The molecule has 1 aliphatic rings. The van der Waals surface area contributed by atoms with Crippen LogP contribution in [-0.4, -0.2) is 24.0 Å². The molecule has 1 unspecified atom stereocenters. The van der Waals surface area contributed by atoms with E-state index in [-0.39, 0.29) is 11.8 Å². The number of hydrogen-bond donors (Lipinski definition) is 4. The van der Waals surface area contributed by atoms with Crippen LogP contribution in [0.3, 0.4) is 0 Å². The molecule has 1 saturated carbocycles. The Kier molecular flexibility index (Phi) is 7.71. The van der Waals surface area contributed by atoms with Crippen LogP contribution in [0.5, 0.6) is 0 Å². The number of amides is 3. The summed E-state index contributed by atoms with van der Waals surface area (Å²) in [4.78, 5) is 25.1. The summed E-state index contributed by atoms with van der Waals surface area (Å²) in [5, 5.41) is 12.0. The third-order valence-corrected chi connectivity index (χ3v) is 5.40. The fourth-order valence-electron chi connectivity index (χ4n) is 3.72. The van der Waals surface area contributed by atoms with Crippen molar-refractivity contribution in [2.45, 2.75) is 58.0 Å². The summed E-state index contributed by atoms with van der Waals surface area (Å²) in [5.41, 5.74) is 2.46. The standard InChI is InChI=1S/C24H32N4O2/c1-17(2)22(28-24(30)27-19-11-7-4-8-12-19)23(29)26-21-15-13-20(14-16-21)25-18-9-5-3-6-10-18/h4,7-8,11-18,22,25H,3,5-6,9-10H2,1-2H3,(H,26,29)(H2,27,28,30). The summed E-state index contributed by atoms with van der Waals surface area (Å²) >= 11 is 0. The molecule has 0 bridgehead atoms. The molecule has 0 spiro atoms. The van der Waals surface area contributed by atoms with Gasteiger partial charge in [-0.25, -0.2) is 4.79 Å². The van der Waals surface area contributed by atoms with Crippen LogP contribution in [-0.2, 0) is 4.79 Å². The molecule has 0 heterocycles. The van der Waals surface area contributed by atoms with Crippen molar-refractivity contribution in [1.29, 1.82) is 0 Å². The number of benzene rings is 2. The first-order chi connectivity index (χ1) is 14.5. The molecule has 2 aromatic rings. The van der Waals surface area contributed by atoms with Crippen LogP contribution in [0.4, 0.5) is 21.9 Å². The lowest BCUT2D eigenvalue weighted by Gasteiger charge is -2.24. The zero-order valence-electron chi connectivity index (χ0n) is 17.8. The maximum atomic E-state index is 12.8. The quantitative estimate of drug-likeness (QED) is 0.507. The molecular weight excluding hydrogens is 376 g/mol.